The van der Waals surface area contributed by atoms with Crippen molar-refractivity contribution in [3.8, 4) is 11.5 Å². The summed E-state index contributed by atoms with van der Waals surface area (Å²) in [6, 6.07) is 12.3. The van der Waals surface area contributed by atoms with E-state index in [9.17, 15) is 9.59 Å². The van der Waals surface area contributed by atoms with Crippen LogP contribution in [0.1, 0.15) is 47.0 Å². The molecule has 3 rings (SSSR count). The first-order valence-corrected chi connectivity index (χ1v) is 11.2. The molecule has 0 aromatic heterocycles. The molecule has 7 heteroatoms. The van der Waals surface area contributed by atoms with Crippen molar-refractivity contribution in [2.45, 2.75) is 47.0 Å². The molecule has 2 N–H and O–H groups in total. The first-order chi connectivity index (χ1) is 15.3. The number of carbonyl (C=O) groups is 2. The highest BCUT2D eigenvalue weighted by Gasteiger charge is 2.37. The molecule has 0 spiro atoms. The Balaban J connectivity index is 1.69. The van der Waals surface area contributed by atoms with E-state index in [0.717, 1.165) is 25.0 Å². The van der Waals surface area contributed by atoms with Crippen molar-refractivity contribution in [2.24, 2.45) is 5.41 Å². The Kier molecular flexibility index (Phi) is 7.62. The molecule has 1 aliphatic heterocycles. The number of fused-ring (bicyclic) bond motifs is 1. The minimum atomic E-state index is -0.619. The Morgan fingerprint density at radius 3 is 2.44 bits per heavy atom. The van der Waals surface area contributed by atoms with Gasteiger partial charge in [0.1, 0.15) is 18.1 Å². The molecule has 0 unspecified atom stereocenters. The molecule has 0 atom stereocenters. The second-order valence-electron chi connectivity index (χ2n) is 8.62. The lowest BCUT2D eigenvalue weighted by molar-refractivity contribution is -0.127. The third-order valence-electron chi connectivity index (χ3n) is 5.25. The monoisotopic (exact) mass is 439 g/mol. The molecule has 0 fully saturated rings. The fourth-order valence-corrected chi connectivity index (χ4v) is 3.43. The minimum absolute atomic E-state index is 0.0148. The molecular weight excluding hydrogens is 406 g/mol. The van der Waals surface area contributed by atoms with Crippen LogP contribution in [0.2, 0.25) is 0 Å². The molecule has 172 valence electrons. The second-order valence-corrected chi connectivity index (χ2v) is 8.62. The predicted molar refractivity (Wildman–Crippen MR) is 128 cm³/mol. The maximum atomic E-state index is 13.0. The molecule has 1 heterocycles. The van der Waals surface area contributed by atoms with Gasteiger partial charge in [-0.3, -0.25) is 4.79 Å². The van der Waals surface area contributed by atoms with E-state index in [2.05, 4.69) is 17.6 Å². The number of hydrogen-bond donors (Lipinski definition) is 2. The molecule has 7 nitrogen and oxygen atoms in total. The molecule has 0 bridgehead atoms. The maximum Gasteiger partial charge on any atom is 0.323 e. The largest absolute Gasteiger partial charge is 0.494 e. The molecule has 0 aliphatic carbocycles. The second kappa shape index (κ2) is 10.4. The first-order valence-electron chi connectivity index (χ1n) is 11.2. The van der Waals surface area contributed by atoms with Crippen molar-refractivity contribution < 1.29 is 19.1 Å². The van der Waals surface area contributed by atoms with Crippen LogP contribution in [-0.4, -0.2) is 31.7 Å². The molecule has 1 aliphatic rings. The van der Waals surface area contributed by atoms with Gasteiger partial charge in [-0.2, -0.15) is 0 Å². The van der Waals surface area contributed by atoms with Gasteiger partial charge in [0.25, 0.3) is 0 Å². The number of anilines is 3. The third kappa shape index (κ3) is 5.72. The zero-order valence-electron chi connectivity index (χ0n) is 19.4. The normalized spacial score (nSPS) is 14.8. The lowest BCUT2D eigenvalue weighted by Gasteiger charge is -2.27. The average Bonchev–Trinajstić information content (AvgIpc) is 2.85. The zero-order chi connectivity index (χ0) is 23.1. The summed E-state index contributed by atoms with van der Waals surface area (Å²) < 4.78 is 11.6. The van der Waals surface area contributed by atoms with Crippen LogP contribution in [-0.2, 0) is 4.79 Å². The smallest absolute Gasteiger partial charge is 0.323 e. The molecular formula is C25H33N3O4. The van der Waals surface area contributed by atoms with Crippen LogP contribution in [0.15, 0.2) is 42.5 Å². The summed E-state index contributed by atoms with van der Waals surface area (Å²) in [5.74, 6) is 1.43. The Bertz CT molecular complexity index is 941. The van der Waals surface area contributed by atoms with E-state index in [1.165, 1.54) is 0 Å². The fourth-order valence-electron chi connectivity index (χ4n) is 3.43. The number of amides is 3. The highest BCUT2D eigenvalue weighted by molar-refractivity contribution is 6.02. The van der Waals surface area contributed by atoms with E-state index in [1.54, 1.807) is 35.2 Å². The van der Waals surface area contributed by atoms with Crippen LogP contribution >= 0.6 is 0 Å². The van der Waals surface area contributed by atoms with Gasteiger partial charge < -0.3 is 25.0 Å². The number of carbonyl (C=O) groups excluding carboxylic acids is 2. The summed E-state index contributed by atoms with van der Waals surface area (Å²) in [6.45, 7) is 9.49. The molecule has 0 saturated heterocycles. The molecule has 3 amide bonds. The van der Waals surface area contributed by atoms with Gasteiger partial charge >= 0.3 is 6.03 Å². The van der Waals surface area contributed by atoms with Gasteiger partial charge in [0, 0.05) is 17.9 Å². The van der Waals surface area contributed by atoms with Crippen LogP contribution < -0.4 is 25.0 Å². The van der Waals surface area contributed by atoms with Crippen LogP contribution in [0.5, 0.6) is 11.5 Å². The number of ether oxygens (including phenoxy) is 2. The van der Waals surface area contributed by atoms with Gasteiger partial charge in [0.15, 0.2) is 0 Å². The number of nitrogens with one attached hydrogen (secondary N) is 2. The third-order valence-corrected chi connectivity index (χ3v) is 5.25. The van der Waals surface area contributed by atoms with Gasteiger partial charge in [0.05, 0.1) is 17.7 Å². The van der Waals surface area contributed by atoms with Crippen LogP contribution in [0, 0.1) is 5.41 Å². The van der Waals surface area contributed by atoms with Crippen molar-refractivity contribution in [3.63, 3.8) is 0 Å². The van der Waals surface area contributed by atoms with E-state index < -0.39 is 5.41 Å². The number of urea groups is 1. The van der Waals surface area contributed by atoms with Crippen molar-refractivity contribution in [1.29, 1.82) is 0 Å². The molecule has 0 saturated carbocycles. The first kappa shape index (κ1) is 23.4. The number of nitrogens with zero attached hydrogens (tertiary/aromatic N) is 1. The predicted octanol–water partition coefficient (Wildman–Crippen LogP) is 5.67. The number of rotatable bonds is 8. The van der Waals surface area contributed by atoms with Crippen molar-refractivity contribution in [3.05, 3.63) is 42.5 Å². The summed E-state index contributed by atoms with van der Waals surface area (Å²) in [5.41, 5.74) is 1.30. The van der Waals surface area contributed by atoms with Crippen LogP contribution in [0.3, 0.4) is 0 Å². The van der Waals surface area contributed by atoms with E-state index in [0.29, 0.717) is 42.6 Å². The standard InChI is InChI=1S/C25H33N3O4/c1-5-7-15-31-20-11-8-18(9-12-20)26-24(30)27-19-10-13-22-21(16-19)28(14-6-2)23(29)25(3,4)17-32-22/h8-13,16H,5-7,14-15,17H2,1-4H3,(H2,26,27,30). The lowest BCUT2D eigenvalue weighted by atomic mass is 9.93. The van der Waals surface area contributed by atoms with E-state index in [1.807, 2.05) is 32.9 Å². The van der Waals surface area contributed by atoms with Crippen molar-refractivity contribution in [2.75, 3.05) is 35.3 Å². The lowest BCUT2D eigenvalue weighted by Crippen LogP contribution is -2.42. The van der Waals surface area contributed by atoms with Gasteiger partial charge in [-0.1, -0.05) is 20.3 Å². The number of hydrogen-bond acceptors (Lipinski definition) is 4. The molecule has 2 aromatic carbocycles. The summed E-state index contributed by atoms with van der Waals surface area (Å²) in [5, 5.41) is 5.66. The van der Waals surface area contributed by atoms with E-state index in [-0.39, 0.29) is 11.9 Å². The van der Waals surface area contributed by atoms with Crippen LogP contribution in [0.4, 0.5) is 21.9 Å². The van der Waals surface area contributed by atoms with Gasteiger partial charge in [-0.15, -0.1) is 0 Å². The van der Waals surface area contributed by atoms with Crippen LogP contribution in [0.25, 0.3) is 0 Å². The van der Waals surface area contributed by atoms with Gasteiger partial charge in [0.2, 0.25) is 5.91 Å². The highest BCUT2D eigenvalue weighted by Crippen LogP contribution is 2.38. The molecule has 0 radical (unpaired) electrons. The quantitative estimate of drug-likeness (QED) is 0.519. The van der Waals surface area contributed by atoms with Crippen molar-refractivity contribution >= 4 is 29.0 Å². The Morgan fingerprint density at radius 2 is 1.75 bits per heavy atom. The summed E-state index contributed by atoms with van der Waals surface area (Å²) in [4.78, 5) is 27.3. The topological polar surface area (TPSA) is 79.9 Å². The van der Waals surface area contributed by atoms with Crippen molar-refractivity contribution in [1.82, 2.24) is 0 Å². The van der Waals surface area contributed by atoms with E-state index >= 15 is 0 Å². The Labute approximate surface area is 190 Å². The Morgan fingerprint density at radius 1 is 1.06 bits per heavy atom. The SMILES string of the molecule is CCCCOc1ccc(NC(=O)Nc2ccc3c(c2)N(CCC)C(=O)C(C)(C)CO3)cc1. The minimum Gasteiger partial charge on any atom is -0.494 e. The summed E-state index contributed by atoms with van der Waals surface area (Å²) in [7, 11) is 0. The summed E-state index contributed by atoms with van der Waals surface area (Å²) >= 11 is 0. The maximum absolute atomic E-state index is 13.0. The highest BCUT2D eigenvalue weighted by atomic mass is 16.5. The average molecular weight is 440 g/mol. The number of benzene rings is 2. The van der Waals surface area contributed by atoms with Gasteiger partial charge in [-0.05, 0) is 69.2 Å². The summed E-state index contributed by atoms with van der Waals surface area (Å²) in [6.07, 6.45) is 2.90. The number of unbranched alkanes of at least 4 members (excludes halogenated alkanes) is 1. The van der Waals surface area contributed by atoms with E-state index in [4.69, 9.17) is 9.47 Å². The molecule has 32 heavy (non-hydrogen) atoms. The molecule has 2 aromatic rings. The zero-order valence-corrected chi connectivity index (χ0v) is 19.4. The Hall–Kier alpha value is -3.22. The van der Waals surface area contributed by atoms with Gasteiger partial charge in [-0.25, -0.2) is 4.79 Å². The fraction of sp³-hybridized carbons (Fsp3) is 0.440.